The molecule has 1 atom stereocenters. The molecule has 3 heterocycles. The van der Waals surface area contributed by atoms with Gasteiger partial charge in [-0.3, -0.25) is 14.5 Å². The number of thiophene rings is 1. The first-order valence-electron chi connectivity index (χ1n) is 11.6. The molecule has 0 N–H and O–H groups in total. The van der Waals surface area contributed by atoms with Crippen molar-refractivity contribution in [2.24, 2.45) is 5.92 Å². The van der Waals surface area contributed by atoms with E-state index in [4.69, 9.17) is 0 Å². The molecule has 1 aromatic rings. The van der Waals surface area contributed by atoms with Gasteiger partial charge in [-0.05, 0) is 52.2 Å². The van der Waals surface area contributed by atoms with Crippen LogP contribution >= 0.6 is 11.3 Å². The van der Waals surface area contributed by atoms with E-state index in [1.54, 1.807) is 6.07 Å². The Labute approximate surface area is 196 Å². The minimum atomic E-state index is -3.55. The van der Waals surface area contributed by atoms with E-state index < -0.39 is 10.0 Å². The number of piperidine rings is 1. The smallest absolute Gasteiger partial charge is 0.252 e. The molecule has 2 aliphatic rings. The second-order valence-corrected chi connectivity index (χ2v) is 12.0. The van der Waals surface area contributed by atoms with Gasteiger partial charge in [0.2, 0.25) is 11.8 Å². The summed E-state index contributed by atoms with van der Waals surface area (Å²) in [7, 11) is -3.55. The summed E-state index contributed by atoms with van der Waals surface area (Å²) >= 11 is 1.28. The summed E-state index contributed by atoms with van der Waals surface area (Å²) in [6, 6.07) is 3.47. The number of amides is 2. The van der Waals surface area contributed by atoms with Crippen LogP contribution in [-0.2, 0) is 19.6 Å². The molecule has 10 heteroatoms. The minimum Gasteiger partial charge on any atom is -0.342 e. The number of likely N-dealkylation sites (N-methyl/N-ethyl adjacent to an activating group) is 1. The quantitative estimate of drug-likeness (QED) is 0.590. The van der Waals surface area contributed by atoms with Gasteiger partial charge in [-0.1, -0.05) is 0 Å². The summed E-state index contributed by atoms with van der Waals surface area (Å²) < 4.78 is 27.9. The first-order valence-corrected chi connectivity index (χ1v) is 13.9. The third-order valence-electron chi connectivity index (χ3n) is 6.42. The summed E-state index contributed by atoms with van der Waals surface area (Å²) in [4.78, 5) is 32.5. The van der Waals surface area contributed by atoms with Crippen molar-refractivity contribution in [2.75, 3.05) is 58.9 Å². The highest BCUT2D eigenvalue weighted by molar-refractivity contribution is 7.91. The van der Waals surface area contributed by atoms with Crippen molar-refractivity contribution in [2.45, 2.75) is 44.2 Å². The van der Waals surface area contributed by atoms with Gasteiger partial charge in [0.25, 0.3) is 10.0 Å². The lowest BCUT2D eigenvalue weighted by atomic mass is 9.98. The molecule has 3 rings (SSSR count). The second kappa shape index (κ2) is 11.1. The first kappa shape index (κ1) is 25.1. The van der Waals surface area contributed by atoms with Gasteiger partial charge in [0.05, 0.1) is 12.5 Å². The highest BCUT2D eigenvalue weighted by atomic mass is 32.2. The molecule has 2 amide bonds. The molecule has 0 bridgehead atoms. The fourth-order valence-electron chi connectivity index (χ4n) is 4.52. The van der Waals surface area contributed by atoms with Crippen LogP contribution in [0.3, 0.4) is 0 Å². The predicted molar refractivity (Wildman–Crippen MR) is 126 cm³/mol. The number of carbonyl (C=O) groups is 2. The largest absolute Gasteiger partial charge is 0.342 e. The summed E-state index contributed by atoms with van der Waals surface area (Å²) in [5, 5.41) is 0. The number of carbonyl (C=O) groups excluding carboxylic acids is 2. The lowest BCUT2D eigenvalue weighted by molar-refractivity contribution is -0.136. The topological polar surface area (TPSA) is 81.2 Å². The van der Waals surface area contributed by atoms with E-state index in [1.807, 2.05) is 36.6 Å². The van der Waals surface area contributed by atoms with E-state index in [2.05, 4.69) is 4.90 Å². The SMILES string of the molecule is CCN(CC)C(=O)CN1CCCN(C(=O)C2CCCN(S(=O)(=O)c3ccc(C)s3)C2)CC1. The van der Waals surface area contributed by atoms with Crippen LogP contribution in [0.4, 0.5) is 0 Å². The Morgan fingerprint density at radius 3 is 2.47 bits per heavy atom. The van der Waals surface area contributed by atoms with Gasteiger partial charge in [0, 0.05) is 57.2 Å². The van der Waals surface area contributed by atoms with Crippen LogP contribution in [0.1, 0.15) is 38.0 Å². The molecule has 32 heavy (non-hydrogen) atoms. The van der Waals surface area contributed by atoms with Gasteiger partial charge in [-0.15, -0.1) is 11.3 Å². The van der Waals surface area contributed by atoms with Gasteiger partial charge in [-0.2, -0.15) is 4.31 Å². The Morgan fingerprint density at radius 2 is 1.81 bits per heavy atom. The van der Waals surface area contributed by atoms with Crippen molar-refractivity contribution in [3.63, 3.8) is 0 Å². The zero-order chi connectivity index (χ0) is 23.3. The van der Waals surface area contributed by atoms with Crippen molar-refractivity contribution in [1.82, 2.24) is 19.0 Å². The van der Waals surface area contributed by atoms with Crippen molar-refractivity contribution >= 4 is 33.2 Å². The van der Waals surface area contributed by atoms with E-state index in [1.165, 1.54) is 15.6 Å². The summed E-state index contributed by atoms with van der Waals surface area (Å²) in [5.74, 6) is -0.126. The highest BCUT2D eigenvalue weighted by Gasteiger charge is 2.36. The molecule has 2 aliphatic heterocycles. The first-order chi connectivity index (χ1) is 15.3. The van der Waals surface area contributed by atoms with Crippen LogP contribution in [-0.4, -0.2) is 98.1 Å². The zero-order valence-corrected chi connectivity index (χ0v) is 21.1. The van der Waals surface area contributed by atoms with E-state index in [0.29, 0.717) is 56.4 Å². The molecule has 0 aliphatic carbocycles. The summed E-state index contributed by atoms with van der Waals surface area (Å²) in [6.07, 6.45) is 2.23. The van der Waals surface area contributed by atoms with Crippen LogP contribution in [0.25, 0.3) is 0 Å². The lowest BCUT2D eigenvalue weighted by Crippen LogP contribution is -2.47. The molecule has 2 fully saturated rings. The molecule has 0 aromatic carbocycles. The molecule has 8 nitrogen and oxygen atoms in total. The van der Waals surface area contributed by atoms with Crippen molar-refractivity contribution in [3.8, 4) is 0 Å². The normalized spacial score (nSPS) is 21.3. The molecule has 0 radical (unpaired) electrons. The molecule has 0 spiro atoms. The summed E-state index contributed by atoms with van der Waals surface area (Å²) in [5.41, 5.74) is 0. The molecule has 0 saturated carbocycles. The van der Waals surface area contributed by atoms with Crippen molar-refractivity contribution in [3.05, 3.63) is 17.0 Å². The monoisotopic (exact) mass is 484 g/mol. The molecule has 180 valence electrons. The number of rotatable bonds is 7. The fraction of sp³-hybridized carbons (Fsp3) is 0.727. The van der Waals surface area contributed by atoms with Gasteiger partial charge >= 0.3 is 0 Å². The second-order valence-electron chi connectivity index (χ2n) is 8.59. The van der Waals surface area contributed by atoms with Crippen molar-refractivity contribution < 1.29 is 18.0 Å². The Bertz CT molecular complexity index is 897. The Hall–Kier alpha value is -1.49. The van der Waals surface area contributed by atoms with Gasteiger partial charge < -0.3 is 9.80 Å². The average molecular weight is 485 g/mol. The van der Waals surface area contributed by atoms with Gasteiger partial charge in [0.15, 0.2) is 0 Å². The predicted octanol–water partition coefficient (Wildman–Crippen LogP) is 1.86. The van der Waals surface area contributed by atoms with E-state index in [0.717, 1.165) is 24.3 Å². The summed E-state index contributed by atoms with van der Waals surface area (Å²) in [6.45, 7) is 11.1. The molecular formula is C22H36N4O4S2. The Kier molecular flexibility index (Phi) is 8.71. The van der Waals surface area contributed by atoms with E-state index in [-0.39, 0.29) is 24.3 Å². The van der Waals surface area contributed by atoms with Crippen LogP contribution < -0.4 is 0 Å². The van der Waals surface area contributed by atoms with Crippen LogP contribution in [0.15, 0.2) is 16.3 Å². The van der Waals surface area contributed by atoms with Crippen molar-refractivity contribution in [1.29, 1.82) is 0 Å². The maximum atomic E-state index is 13.3. The Morgan fingerprint density at radius 1 is 1.06 bits per heavy atom. The van der Waals surface area contributed by atoms with Gasteiger partial charge in [0.1, 0.15) is 4.21 Å². The van der Waals surface area contributed by atoms with Crippen LogP contribution in [0.5, 0.6) is 0 Å². The van der Waals surface area contributed by atoms with E-state index >= 15 is 0 Å². The number of nitrogens with zero attached hydrogens (tertiary/aromatic N) is 4. The standard InChI is InChI=1S/C22H36N4O4S2/c1-4-24(5-2)20(27)17-23-11-7-12-25(15-14-23)22(28)19-8-6-13-26(16-19)32(29,30)21-10-9-18(3)31-21/h9-10,19H,4-8,11-17H2,1-3H3. The third-order valence-corrected chi connectivity index (χ3v) is 9.75. The highest BCUT2D eigenvalue weighted by Crippen LogP contribution is 2.29. The average Bonchev–Trinajstić information content (AvgIpc) is 3.10. The number of hydrogen-bond acceptors (Lipinski definition) is 6. The number of aryl methyl sites for hydroxylation is 1. The molecule has 1 unspecified atom stereocenters. The maximum absolute atomic E-state index is 13.3. The minimum absolute atomic E-state index is 0.0455. The van der Waals surface area contributed by atoms with Crippen LogP contribution in [0.2, 0.25) is 0 Å². The molecular weight excluding hydrogens is 448 g/mol. The van der Waals surface area contributed by atoms with Crippen LogP contribution in [0, 0.1) is 12.8 Å². The third kappa shape index (κ3) is 5.89. The van der Waals surface area contributed by atoms with Gasteiger partial charge in [-0.25, -0.2) is 8.42 Å². The van der Waals surface area contributed by atoms with E-state index in [9.17, 15) is 18.0 Å². The number of sulfonamides is 1. The zero-order valence-electron chi connectivity index (χ0n) is 19.5. The Balaban J connectivity index is 1.58. The fourth-order valence-corrected chi connectivity index (χ4v) is 7.48. The lowest BCUT2D eigenvalue weighted by Gasteiger charge is -2.34. The molecule has 2 saturated heterocycles. The maximum Gasteiger partial charge on any atom is 0.252 e. The number of hydrogen-bond donors (Lipinski definition) is 0. The molecule has 1 aromatic heterocycles.